The molecule has 6 nitrogen and oxygen atoms in total. The summed E-state index contributed by atoms with van der Waals surface area (Å²) in [4.78, 5) is 30.5. The van der Waals surface area contributed by atoms with Gasteiger partial charge in [-0.05, 0) is 54.6 Å². The molecule has 0 aliphatic heterocycles. The van der Waals surface area contributed by atoms with Crippen molar-refractivity contribution in [3.8, 4) is 5.75 Å². The quantitative estimate of drug-likeness (QED) is 0.312. The van der Waals surface area contributed by atoms with E-state index in [0.29, 0.717) is 27.7 Å². The van der Waals surface area contributed by atoms with Crippen LogP contribution in [0.5, 0.6) is 5.75 Å². The Hall–Kier alpha value is -3.10. The number of methoxy groups -OCH3 is 1. The third kappa shape index (κ3) is 4.71. The van der Waals surface area contributed by atoms with Gasteiger partial charge in [-0.25, -0.2) is 4.98 Å². The molecule has 0 saturated carbocycles. The fourth-order valence-corrected chi connectivity index (χ4v) is 4.90. The lowest BCUT2D eigenvalue weighted by molar-refractivity contribution is -0.113. The van der Waals surface area contributed by atoms with Crippen molar-refractivity contribution in [1.29, 1.82) is 0 Å². The number of fused-ring (bicyclic) bond motifs is 1. The lowest BCUT2D eigenvalue weighted by atomic mass is 10.1. The molecule has 0 spiro atoms. The molecule has 0 bridgehead atoms. The van der Waals surface area contributed by atoms with E-state index in [2.05, 4.69) is 10.3 Å². The Morgan fingerprint density at radius 3 is 2.75 bits per heavy atom. The molecule has 0 radical (unpaired) electrons. The number of carbonyl (C=O) groups is 1. The van der Waals surface area contributed by atoms with E-state index >= 15 is 0 Å². The molecular formula is C24H23N3O3S2. The maximum Gasteiger partial charge on any atom is 0.272 e. The van der Waals surface area contributed by atoms with Crippen molar-refractivity contribution in [1.82, 2.24) is 9.55 Å². The maximum absolute atomic E-state index is 13.2. The summed E-state index contributed by atoms with van der Waals surface area (Å²) in [6.45, 7) is 4.35. The molecule has 2 aromatic heterocycles. The van der Waals surface area contributed by atoms with E-state index in [-0.39, 0.29) is 17.2 Å². The SMILES string of the molecule is COc1ccccc1Cn1c(SCC(=O)Nc2ccc(C)c(C)c2)nc2ccsc2c1=O. The van der Waals surface area contributed by atoms with Gasteiger partial charge in [-0.3, -0.25) is 14.2 Å². The minimum Gasteiger partial charge on any atom is -0.496 e. The molecule has 4 aromatic rings. The van der Waals surface area contributed by atoms with Gasteiger partial charge >= 0.3 is 0 Å². The van der Waals surface area contributed by atoms with Crippen molar-refractivity contribution in [3.05, 3.63) is 81.0 Å². The maximum atomic E-state index is 13.2. The second-order valence-corrected chi connectivity index (χ2v) is 9.23. The first-order valence-corrected chi connectivity index (χ1v) is 11.9. The Morgan fingerprint density at radius 1 is 1.16 bits per heavy atom. The molecule has 32 heavy (non-hydrogen) atoms. The molecule has 0 saturated heterocycles. The Labute approximate surface area is 194 Å². The van der Waals surface area contributed by atoms with Crippen LogP contribution in [0.3, 0.4) is 0 Å². The monoisotopic (exact) mass is 465 g/mol. The van der Waals surface area contributed by atoms with Gasteiger partial charge in [-0.2, -0.15) is 0 Å². The van der Waals surface area contributed by atoms with Crippen LogP contribution in [-0.2, 0) is 11.3 Å². The van der Waals surface area contributed by atoms with E-state index in [1.165, 1.54) is 28.7 Å². The van der Waals surface area contributed by atoms with Gasteiger partial charge in [0.05, 0.1) is 24.9 Å². The van der Waals surface area contributed by atoms with Crippen molar-refractivity contribution in [3.63, 3.8) is 0 Å². The average Bonchev–Trinajstić information content (AvgIpc) is 3.26. The highest BCUT2D eigenvalue weighted by Crippen LogP contribution is 2.24. The summed E-state index contributed by atoms with van der Waals surface area (Å²) >= 11 is 2.62. The zero-order chi connectivity index (χ0) is 22.7. The first kappa shape index (κ1) is 22.1. The Morgan fingerprint density at radius 2 is 1.97 bits per heavy atom. The van der Waals surface area contributed by atoms with Crippen LogP contribution in [0.15, 0.2) is 63.9 Å². The predicted octanol–water partition coefficient (Wildman–Crippen LogP) is 4.86. The molecule has 0 fully saturated rings. The van der Waals surface area contributed by atoms with E-state index in [1.54, 1.807) is 11.7 Å². The number of hydrogen-bond acceptors (Lipinski definition) is 6. The van der Waals surface area contributed by atoms with Crippen molar-refractivity contribution < 1.29 is 9.53 Å². The van der Waals surface area contributed by atoms with Crippen LogP contribution in [0.1, 0.15) is 16.7 Å². The number of carbonyl (C=O) groups excluding carboxylic acids is 1. The summed E-state index contributed by atoms with van der Waals surface area (Å²) in [5, 5.41) is 5.28. The normalized spacial score (nSPS) is 11.0. The Kier molecular flexibility index (Phi) is 6.62. The minimum atomic E-state index is -0.151. The van der Waals surface area contributed by atoms with Gasteiger partial charge in [0.2, 0.25) is 5.91 Å². The second-order valence-electron chi connectivity index (χ2n) is 7.37. The molecular weight excluding hydrogens is 442 g/mol. The van der Waals surface area contributed by atoms with Crippen molar-refractivity contribution in [2.24, 2.45) is 0 Å². The number of nitrogens with one attached hydrogen (secondary N) is 1. The van der Waals surface area contributed by atoms with Crippen LogP contribution >= 0.6 is 23.1 Å². The second kappa shape index (κ2) is 9.58. The number of benzene rings is 2. The summed E-state index contributed by atoms with van der Waals surface area (Å²) in [6, 6.07) is 15.2. The van der Waals surface area contributed by atoms with Crippen LogP contribution in [0.4, 0.5) is 5.69 Å². The number of aryl methyl sites for hydroxylation is 2. The van der Waals surface area contributed by atoms with Gasteiger partial charge in [0.1, 0.15) is 10.4 Å². The largest absolute Gasteiger partial charge is 0.496 e. The number of hydrogen-bond donors (Lipinski definition) is 1. The molecule has 2 heterocycles. The van der Waals surface area contributed by atoms with Crippen LogP contribution < -0.4 is 15.6 Å². The third-order valence-corrected chi connectivity index (χ3v) is 7.04. The van der Waals surface area contributed by atoms with Crippen LogP contribution in [-0.4, -0.2) is 28.3 Å². The number of amides is 1. The molecule has 164 valence electrons. The number of aromatic nitrogens is 2. The van der Waals surface area contributed by atoms with Crippen LogP contribution in [0.2, 0.25) is 0 Å². The van der Waals surface area contributed by atoms with Gasteiger partial charge in [0.25, 0.3) is 5.56 Å². The first-order valence-electron chi connectivity index (χ1n) is 10.1. The van der Waals surface area contributed by atoms with Crippen molar-refractivity contribution in [2.75, 3.05) is 18.2 Å². The highest BCUT2D eigenvalue weighted by Gasteiger charge is 2.16. The predicted molar refractivity (Wildman–Crippen MR) is 131 cm³/mol. The van der Waals surface area contributed by atoms with Crippen molar-refractivity contribution in [2.45, 2.75) is 25.5 Å². The number of nitrogens with zero attached hydrogens (tertiary/aromatic N) is 2. The zero-order valence-corrected chi connectivity index (χ0v) is 19.7. The fourth-order valence-electron chi connectivity index (χ4n) is 3.32. The van der Waals surface area contributed by atoms with E-state index in [0.717, 1.165) is 16.8 Å². The van der Waals surface area contributed by atoms with Gasteiger partial charge in [-0.1, -0.05) is 36.0 Å². The molecule has 1 N–H and O–H groups in total. The zero-order valence-electron chi connectivity index (χ0n) is 18.0. The average molecular weight is 466 g/mol. The van der Waals surface area contributed by atoms with Crippen LogP contribution in [0.25, 0.3) is 10.2 Å². The first-order chi connectivity index (χ1) is 15.5. The molecule has 8 heteroatoms. The summed E-state index contributed by atoms with van der Waals surface area (Å²) in [6.07, 6.45) is 0. The van der Waals surface area contributed by atoms with Gasteiger partial charge < -0.3 is 10.1 Å². The van der Waals surface area contributed by atoms with Crippen molar-refractivity contribution >= 4 is 44.9 Å². The minimum absolute atomic E-state index is 0.118. The van der Waals surface area contributed by atoms with Gasteiger partial charge in [-0.15, -0.1) is 11.3 Å². The molecule has 2 aromatic carbocycles. The molecule has 1 amide bonds. The third-order valence-electron chi connectivity index (χ3n) is 5.17. The number of anilines is 1. The van der Waals surface area contributed by atoms with E-state index in [1.807, 2.05) is 67.8 Å². The fraction of sp³-hybridized carbons (Fsp3) is 0.208. The molecule has 0 aliphatic carbocycles. The summed E-state index contributed by atoms with van der Waals surface area (Å²) in [5.74, 6) is 0.692. The lowest BCUT2D eigenvalue weighted by Gasteiger charge is -2.14. The highest BCUT2D eigenvalue weighted by molar-refractivity contribution is 7.99. The summed E-state index contributed by atoms with van der Waals surface area (Å²) < 4.78 is 7.66. The Bertz CT molecular complexity index is 1340. The highest BCUT2D eigenvalue weighted by atomic mass is 32.2. The topological polar surface area (TPSA) is 73.2 Å². The number of rotatable bonds is 7. The summed E-state index contributed by atoms with van der Waals surface area (Å²) in [7, 11) is 1.61. The van der Waals surface area contributed by atoms with E-state index in [4.69, 9.17) is 4.74 Å². The van der Waals surface area contributed by atoms with Gasteiger partial charge in [0, 0.05) is 11.3 Å². The lowest BCUT2D eigenvalue weighted by Crippen LogP contribution is -2.24. The van der Waals surface area contributed by atoms with Crippen LogP contribution in [0, 0.1) is 13.8 Å². The molecule has 0 unspecified atom stereocenters. The molecule has 4 rings (SSSR count). The number of thiophene rings is 1. The molecule has 0 aliphatic rings. The Balaban J connectivity index is 1.59. The summed E-state index contributed by atoms with van der Waals surface area (Å²) in [5.41, 5.74) is 4.44. The number of thioether (sulfide) groups is 1. The number of ether oxygens (including phenoxy) is 1. The smallest absolute Gasteiger partial charge is 0.272 e. The van der Waals surface area contributed by atoms with E-state index < -0.39 is 0 Å². The number of para-hydroxylation sites is 1. The van der Waals surface area contributed by atoms with E-state index in [9.17, 15) is 9.59 Å². The standard InChI is InChI=1S/C24H23N3O3S2/c1-15-8-9-18(12-16(15)2)25-21(28)14-32-24-26-19-10-11-31-22(19)23(29)27(24)13-17-6-4-5-7-20(17)30-3/h4-12H,13-14H2,1-3H3,(H,25,28). The van der Waals surface area contributed by atoms with Gasteiger partial charge in [0.15, 0.2) is 5.16 Å². The molecule has 0 atom stereocenters.